The quantitative estimate of drug-likeness (QED) is 0.528. The lowest BCUT2D eigenvalue weighted by molar-refractivity contribution is 0.0936. The summed E-state index contributed by atoms with van der Waals surface area (Å²) >= 11 is 0. The highest BCUT2D eigenvalue weighted by atomic mass is 19.1. The number of benzene rings is 2. The van der Waals surface area contributed by atoms with Crippen molar-refractivity contribution in [2.24, 2.45) is 0 Å². The molecule has 6 heteroatoms. The van der Waals surface area contributed by atoms with Crippen LogP contribution < -0.4 is 5.32 Å². The van der Waals surface area contributed by atoms with E-state index in [-0.39, 0.29) is 17.8 Å². The molecule has 2 heterocycles. The Balaban J connectivity index is 1.51. The second kappa shape index (κ2) is 8.14. The minimum absolute atomic E-state index is 0.218. The first-order chi connectivity index (χ1) is 15.2. The molecule has 1 atom stereocenters. The lowest BCUT2D eigenvalue weighted by atomic mass is 9.99. The van der Waals surface area contributed by atoms with E-state index in [9.17, 15) is 9.18 Å². The van der Waals surface area contributed by atoms with Crippen molar-refractivity contribution >= 4 is 5.91 Å². The third-order valence-electron chi connectivity index (χ3n) is 5.66. The number of hydrogen-bond donors (Lipinski definition) is 1. The highest BCUT2D eigenvalue weighted by molar-refractivity contribution is 5.94. The minimum Gasteiger partial charge on any atom is -0.340 e. The van der Waals surface area contributed by atoms with E-state index in [4.69, 9.17) is 0 Å². The van der Waals surface area contributed by atoms with Gasteiger partial charge in [-0.1, -0.05) is 30.3 Å². The van der Waals surface area contributed by atoms with Crippen LogP contribution in [0, 0.1) is 5.82 Å². The molecule has 0 fully saturated rings. The van der Waals surface area contributed by atoms with Gasteiger partial charge in [0.1, 0.15) is 5.82 Å². The van der Waals surface area contributed by atoms with E-state index in [1.807, 2.05) is 42.5 Å². The Hall–Kier alpha value is -3.80. The number of pyridine rings is 1. The first-order valence-corrected chi connectivity index (χ1v) is 10.3. The molecule has 4 aromatic rings. The summed E-state index contributed by atoms with van der Waals surface area (Å²) in [5.41, 5.74) is 5.13. The van der Waals surface area contributed by atoms with Gasteiger partial charge in [-0.3, -0.25) is 9.78 Å². The molecule has 1 unspecified atom stereocenters. The molecule has 0 aliphatic heterocycles. The lowest BCUT2D eigenvalue weighted by Crippen LogP contribution is -2.30. The maximum absolute atomic E-state index is 13.4. The van der Waals surface area contributed by atoms with E-state index in [1.54, 1.807) is 29.2 Å². The molecule has 5 rings (SSSR count). The number of carbonyl (C=O) groups excluding carboxylic acids is 1. The summed E-state index contributed by atoms with van der Waals surface area (Å²) in [6.07, 6.45) is 6.07. The highest BCUT2D eigenvalue weighted by Crippen LogP contribution is 2.29. The van der Waals surface area contributed by atoms with E-state index in [1.165, 1.54) is 12.1 Å². The predicted molar refractivity (Wildman–Crippen MR) is 116 cm³/mol. The number of halogens is 1. The summed E-state index contributed by atoms with van der Waals surface area (Å²) in [6.45, 7) is 0. The Morgan fingerprint density at radius 1 is 0.935 bits per heavy atom. The Labute approximate surface area is 179 Å². The van der Waals surface area contributed by atoms with Crippen LogP contribution in [0.3, 0.4) is 0 Å². The number of nitrogens with zero attached hydrogens (tertiary/aromatic N) is 3. The highest BCUT2D eigenvalue weighted by Gasteiger charge is 2.28. The zero-order valence-electron chi connectivity index (χ0n) is 16.8. The smallest absolute Gasteiger partial charge is 0.272 e. The van der Waals surface area contributed by atoms with Gasteiger partial charge in [0.25, 0.3) is 5.91 Å². The molecule has 1 aliphatic carbocycles. The first-order valence-electron chi connectivity index (χ1n) is 10.3. The molecule has 2 aromatic heterocycles. The average Bonchev–Trinajstić information content (AvgIpc) is 3.42. The van der Waals surface area contributed by atoms with Gasteiger partial charge < -0.3 is 5.32 Å². The van der Waals surface area contributed by atoms with Gasteiger partial charge in [-0.15, -0.1) is 0 Å². The summed E-state index contributed by atoms with van der Waals surface area (Å²) < 4.78 is 15.2. The van der Waals surface area contributed by atoms with Gasteiger partial charge in [0, 0.05) is 23.7 Å². The molecule has 0 saturated heterocycles. The molecule has 31 heavy (non-hydrogen) atoms. The number of hydrogen-bond acceptors (Lipinski definition) is 3. The van der Waals surface area contributed by atoms with Crippen LogP contribution in [0.25, 0.3) is 5.69 Å². The molecule has 1 aliphatic rings. The van der Waals surface area contributed by atoms with Gasteiger partial charge in [-0.05, 0) is 66.8 Å². The van der Waals surface area contributed by atoms with Gasteiger partial charge in [0.05, 0.1) is 11.7 Å². The van der Waals surface area contributed by atoms with Gasteiger partial charge in [-0.2, -0.15) is 5.10 Å². The molecule has 0 radical (unpaired) electrons. The van der Waals surface area contributed by atoms with Crippen LogP contribution in [-0.4, -0.2) is 20.7 Å². The van der Waals surface area contributed by atoms with E-state index in [0.717, 1.165) is 47.3 Å². The van der Waals surface area contributed by atoms with Crippen LogP contribution in [0.2, 0.25) is 0 Å². The van der Waals surface area contributed by atoms with Crippen LogP contribution in [0.5, 0.6) is 0 Å². The standard InChI is InChI=1S/C25H21FN4O/c26-19-9-11-20(12-10-19)30-22-8-4-7-21(22)24(29-30)25(31)28-23(17-5-2-1-3-6-17)18-13-15-27-16-14-18/h1-3,5-6,9-16,23H,4,7-8H2,(H,28,31). The summed E-state index contributed by atoms with van der Waals surface area (Å²) in [5, 5.41) is 7.81. The predicted octanol–water partition coefficient (Wildman–Crippen LogP) is 4.41. The van der Waals surface area contributed by atoms with Gasteiger partial charge in [0.15, 0.2) is 5.69 Å². The first kappa shape index (κ1) is 19.2. The van der Waals surface area contributed by atoms with Crippen molar-refractivity contribution < 1.29 is 9.18 Å². The molecule has 1 N–H and O–H groups in total. The summed E-state index contributed by atoms with van der Waals surface area (Å²) in [4.78, 5) is 17.5. The van der Waals surface area contributed by atoms with Crippen molar-refractivity contribution in [1.29, 1.82) is 0 Å². The van der Waals surface area contributed by atoms with Gasteiger partial charge in [0.2, 0.25) is 0 Å². The number of carbonyl (C=O) groups is 1. The van der Waals surface area contributed by atoms with Crippen molar-refractivity contribution in [2.45, 2.75) is 25.3 Å². The monoisotopic (exact) mass is 412 g/mol. The molecular weight excluding hydrogens is 391 g/mol. The van der Waals surface area contributed by atoms with Crippen molar-refractivity contribution in [3.63, 3.8) is 0 Å². The maximum atomic E-state index is 13.4. The maximum Gasteiger partial charge on any atom is 0.272 e. The molecule has 2 aromatic carbocycles. The lowest BCUT2D eigenvalue weighted by Gasteiger charge is -2.19. The molecule has 0 saturated carbocycles. The SMILES string of the molecule is O=C(NC(c1ccccc1)c1ccncc1)c1nn(-c2ccc(F)cc2)c2c1CCC2. The van der Waals surface area contributed by atoms with E-state index in [2.05, 4.69) is 15.4 Å². The van der Waals surface area contributed by atoms with E-state index >= 15 is 0 Å². The number of amides is 1. The Kier molecular flexibility index (Phi) is 5.04. The summed E-state index contributed by atoms with van der Waals surface area (Å²) in [5.74, 6) is -0.516. The third kappa shape index (κ3) is 3.72. The van der Waals surface area contributed by atoms with Crippen LogP contribution in [0.1, 0.15) is 45.3 Å². The van der Waals surface area contributed by atoms with Gasteiger partial charge >= 0.3 is 0 Å². The number of rotatable bonds is 5. The fraction of sp³-hybridized carbons (Fsp3) is 0.160. The Bertz CT molecular complexity index is 1160. The average molecular weight is 412 g/mol. The zero-order chi connectivity index (χ0) is 21.2. The summed E-state index contributed by atoms with van der Waals surface area (Å²) in [7, 11) is 0. The Morgan fingerprint density at radius 3 is 2.39 bits per heavy atom. The second-order valence-corrected chi connectivity index (χ2v) is 7.61. The van der Waals surface area contributed by atoms with Crippen molar-refractivity contribution in [3.8, 4) is 5.69 Å². The second-order valence-electron chi connectivity index (χ2n) is 7.61. The minimum atomic E-state index is -0.315. The largest absolute Gasteiger partial charge is 0.340 e. The van der Waals surface area contributed by atoms with Crippen LogP contribution in [-0.2, 0) is 12.8 Å². The third-order valence-corrected chi connectivity index (χ3v) is 5.66. The number of nitrogens with one attached hydrogen (secondary N) is 1. The van der Waals surface area contributed by atoms with Crippen LogP contribution in [0.4, 0.5) is 4.39 Å². The fourth-order valence-electron chi connectivity index (χ4n) is 4.18. The van der Waals surface area contributed by atoms with Crippen molar-refractivity contribution in [2.75, 3.05) is 0 Å². The Morgan fingerprint density at radius 2 is 1.65 bits per heavy atom. The fourth-order valence-corrected chi connectivity index (χ4v) is 4.18. The normalized spacial score (nSPS) is 13.6. The zero-order valence-corrected chi connectivity index (χ0v) is 16.8. The topological polar surface area (TPSA) is 59.8 Å². The molecule has 154 valence electrons. The van der Waals surface area contributed by atoms with Crippen molar-refractivity contribution in [3.05, 3.63) is 113 Å². The van der Waals surface area contributed by atoms with Crippen LogP contribution >= 0.6 is 0 Å². The molecule has 5 nitrogen and oxygen atoms in total. The number of aromatic nitrogens is 3. The van der Waals surface area contributed by atoms with Crippen LogP contribution in [0.15, 0.2) is 79.1 Å². The van der Waals surface area contributed by atoms with E-state index in [0.29, 0.717) is 5.69 Å². The van der Waals surface area contributed by atoms with Crippen molar-refractivity contribution in [1.82, 2.24) is 20.1 Å². The molecule has 1 amide bonds. The molecule has 0 bridgehead atoms. The molecule has 0 spiro atoms. The summed E-state index contributed by atoms with van der Waals surface area (Å²) in [6, 6.07) is 19.5. The van der Waals surface area contributed by atoms with E-state index < -0.39 is 0 Å². The molecular formula is C25H21FN4O. The van der Waals surface area contributed by atoms with Gasteiger partial charge in [-0.25, -0.2) is 9.07 Å². The number of fused-ring (bicyclic) bond motifs is 1.